The van der Waals surface area contributed by atoms with Gasteiger partial charge in [0.2, 0.25) is 0 Å². The molecule has 0 bridgehead atoms. The van der Waals surface area contributed by atoms with Gasteiger partial charge < -0.3 is 14.8 Å². The Morgan fingerprint density at radius 3 is 2.33 bits per heavy atom. The number of aromatic nitrogens is 2. The van der Waals surface area contributed by atoms with Crippen molar-refractivity contribution in [3.63, 3.8) is 0 Å². The third-order valence-electron chi connectivity index (χ3n) is 4.25. The van der Waals surface area contributed by atoms with Gasteiger partial charge in [-0.3, -0.25) is 19.7 Å². The molecule has 2 aromatic carbocycles. The van der Waals surface area contributed by atoms with Crippen molar-refractivity contribution in [1.29, 1.82) is 0 Å². The van der Waals surface area contributed by atoms with Crippen molar-refractivity contribution in [3.05, 3.63) is 80.3 Å². The van der Waals surface area contributed by atoms with E-state index in [1.807, 2.05) is 6.92 Å². The fourth-order valence-electron chi connectivity index (χ4n) is 2.71. The molecular weight excluding hydrogens is 392 g/mol. The van der Waals surface area contributed by atoms with E-state index in [0.717, 1.165) is 16.3 Å². The highest BCUT2D eigenvalue weighted by atomic mass is 16.6. The van der Waals surface area contributed by atoms with Crippen LogP contribution in [-0.4, -0.2) is 34.8 Å². The number of hydrogen-bond acceptors (Lipinski definition) is 7. The summed E-state index contributed by atoms with van der Waals surface area (Å²) in [5.41, 5.74) is 0.655. The Hall–Kier alpha value is -4.21. The Bertz CT molecular complexity index is 1170. The second-order valence-corrected chi connectivity index (χ2v) is 6.24. The normalized spacial score (nSPS) is 10.4. The number of rotatable bonds is 6. The molecule has 0 atom stereocenters. The molecule has 154 valence electrons. The standard InChI is InChI=1S/C20H18N4O6/c1-12-4-6-13(7-5-12)23-18(25)11-17(30-3)19(22-23)20(26)21-15-10-14(24(27)28)8-9-16(15)29-2/h4-11H,1-3H3,(H,21,26). The van der Waals surface area contributed by atoms with Crippen molar-refractivity contribution >= 4 is 17.3 Å². The number of anilines is 1. The minimum atomic E-state index is -0.730. The van der Waals surface area contributed by atoms with Crippen LogP contribution in [0.15, 0.2) is 53.3 Å². The zero-order chi connectivity index (χ0) is 21.8. The monoisotopic (exact) mass is 410 g/mol. The van der Waals surface area contributed by atoms with Crippen LogP contribution >= 0.6 is 0 Å². The van der Waals surface area contributed by atoms with Gasteiger partial charge in [-0.1, -0.05) is 17.7 Å². The van der Waals surface area contributed by atoms with E-state index in [1.165, 1.54) is 32.4 Å². The number of nitrogens with one attached hydrogen (secondary N) is 1. The van der Waals surface area contributed by atoms with Gasteiger partial charge in [0.25, 0.3) is 17.2 Å². The summed E-state index contributed by atoms with van der Waals surface area (Å²) in [6, 6.07) is 11.9. The number of carbonyl (C=O) groups excluding carboxylic acids is 1. The molecule has 0 fully saturated rings. The lowest BCUT2D eigenvalue weighted by molar-refractivity contribution is -0.384. The number of aryl methyl sites for hydroxylation is 1. The van der Waals surface area contributed by atoms with Gasteiger partial charge >= 0.3 is 0 Å². The number of nitro benzene ring substituents is 1. The van der Waals surface area contributed by atoms with E-state index in [4.69, 9.17) is 9.47 Å². The molecule has 1 N–H and O–H groups in total. The van der Waals surface area contributed by atoms with E-state index in [0.29, 0.717) is 5.69 Å². The molecule has 1 aromatic heterocycles. The van der Waals surface area contributed by atoms with Gasteiger partial charge in [-0.25, -0.2) is 0 Å². The fraction of sp³-hybridized carbons (Fsp3) is 0.150. The van der Waals surface area contributed by atoms with E-state index in [9.17, 15) is 19.7 Å². The second kappa shape index (κ2) is 8.43. The van der Waals surface area contributed by atoms with Crippen LogP contribution in [0, 0.1) is 17.0 Å². The quantitative estimate of drug-likeness (QED) is 0.489. The molecule has 1 amide bonds. The van der Waals surface area contributed by atoms with Crippen LogP contribution in [0.5, 0.6) is 11.5 Å². The average molecular weight is 410 g/mol. The summed E-state index contributed by atoms with van der Waals surface area (Å²) in [6.07, 6.45) is 0. The molecule has 0 unspecified atom stereocenters. The molecule has 0 aliphatic heterocycles. The van der Waals surface area contributed by atoms with Crippen LogP contribution in [0.1, 0.15) is 16.1 Å². The molecule has 0 radical (unpaired) electrons. The molecule has 0 spiro atoms. The van der Waals surface area contributed by atoms with Crippen molar-refractivity contribution in [1.82, 2.24) is 9.78 Å². The first-order valence-electron chi connectivity index (χ1n) is 8.73. The third-order valence-corrected chi connectivity index (χ3v) is 4.25. The number of hydrogen-bond donors (Lipinski definition) is 1. The molecule has 0 aliphatic carbocycles. The minimum absolute atomic E-state index is 0.0368. The van der Waals surface area contributed by atoms with Crippen molar-refractivity contribution in [3.8, 4) is 17.2 Å². The van der Waals surface area contributed by atoms with Gasteiger partial charge in [-0.05, 0) is 25.1 Å². The lowest BCUT2D eigenvalue weighted by Crippen LogP contribution is -2.26. The second-order valence-electron chi connectivity index (χ2n) is 6.24. The number of benzene rings is 2. The van der Waals surface area contributed by atoms with Crippen LogP contribution in [0.4, 0.5) is 11.4 Å². The van der Waals surface area contributed by atoms with Crippen molar-refractivity contribution in [2.45, 2.75) is 6.92 Å². The van der Waals surface area contributed by atoms with Gasteiger partial charge in [0.15, 0.2) is 11.4 Å². The molecule has 0 saturated carbocycles. The molecule has 3 rings (SSSR count). The predicted molar refractivity (Wildman–Crippen MR) is 109 cm³/mol. The maximum Gasteiger partial charge on any atom is 0.280 e. The highest BCUT2D eigenvalue weighted by molar-refractivity contribution is 6.05. The predicted octanol–water partition coefficient (Wildman–Crippen LogP) is 2.72. The lowest BCUT2D eigenvalue weighted by atomic mass is 10.2. The number of nitro groups is 1. The summed E-state index contributed by atoms with van der Waals surface area (Å²) in [5, 5.41) is 17.7. The molecule has 10 heteroatoms. The first-order valence-corrected chi connectivity index (χ1v) is 8.73. The zero-order valence-corrected chi connectivity index (χ0v) is 16.4. The lowest BCUT2D eigenvalue weighted by Gasteiger charge is -2.13. The van der Waals surface area contributed by atoms with Gasteiger partial charge in [-0.15, -0.1) is 0 Å². The number of nitrogens with zero attached hydrogens (tertiary/aromatic N) is 3. The summed E-state index contributed by atoms with van der Waals surface area (Å²) in [7, 11) is 2.67. The van der Waals surface area contributed by atoms with Gasteiger partial charge in [-0.2, -0.15) is 9.78 Å². The summed E-state index contributed by atoms with van der Waals surface area (Å²) in [6.45, 7) is 1.90. The van der Waals surface area contributed by atoms with Crippen LogP contribution < -0.4 is 20.3 Å². The molecule has 30 heavy (non-hydrogen) atoms. The van der Waals surface area contributed by atoms with E-state index < -0.39 is 16.4 Å². The molecule has 0 saturated heterocycles. The summed E-state index contributed by atoms with van der Waals surface area (Å²) in [5.74, 6) is -0.545. The summed E-state index contributed by atoms with van der Waals surface area (Å²) < 4.78 is 11.4. The smallest absolute Gasteiger partial charge is 0.280 e. The molecular formula is C20H18N4O6. The summed E-state index contributed by atoms with van der Waals surface area (Å²) >= 11 is 0. The third kappa shape index (κ3) is 4.12. The van der Waals surface area contributed by atoms with E-state index in [-0.39, 0.29) is 28.6 Å². The SMILES string of the molecule is COc1ccc([N+](=O)[O-])cc1NC(=O)c1nn(-c2ccc(C)cc2)c(=O)cc1OC. The van der Waals surface area contributed by atoms with Gasteiger partial charge in [0, 0.05) is 12.1 Å². The number of carbonyl (C=O) groups is 1. The van der Waals surface area contributed by atoms with Gasteiger partial charge in [0.1, 0.15) is 5.75 Å². The van der Waals surface area contributed by atoms with Gasteiger partial charge in [0.05, 0.1) is 36.6 Å². The number of amides is 1. The zero-order valence-electron chi connectivity index (χ0n) is 16.4. The first-order chi connectivity index (χ1) is 14.3. The van der Waals surface area contributed by atoms with Crippen LogP contribution in [0.25, 0.3) is 5.69 Å². The Balaban J connectivity index is 2.04. The Morgan fingerprint density at radius 1 is 1.07 bits per heavy atom. The maximum absolute atomic E-state index is 12.9. The maximum atomic E-state index is 12.9. The fourth-order valence-corrected chi connectivity index (χ4v) is 2.71. The minimum Gasteiger partial charge on any atom is -0.495 e. The highest BCUT2D eigenvalue weighted by Crippen LogP contribution is 2.29. The van der Waals surface area contributed by atoms with E-state index in [2.05, 4.69) is 10.4 Å². The molecule has 1 heterocycles. The Morgan fingerprint density at radius 2 is 1.73 bits per heavy atom. The average Bonchev–Trinajstić information content (AvgIpc) is 2.74. The number of methoxy groups -OCH3 is 2. The Labute approximate surface area is 170 Å². The van der Waals surface area contributed by atoms with Crippen LogP contribution in [-0.2, 0) is 0 Å². The van der Waals surface area contributed by atoms with Crippen molar-refractivity contribution in [2.75, 3.05) is 19.5 Å². The van der Waals surface area contributed by atoms with E-state index in [1.54, 1.807) is 24.3 Å². The molecule has 10 nitrogen and oxygen atoms in total. The molecule has 0 aliphatic rings. The van der Waals surface area contributed by atoms with Crippen LogP contribution in [0.3, 0.4) is 0 Å². The topological polar surface area (TPSA) is 126 Å². The number of non-ortho nitro benzene ring substituents is 1. The first kappa shape index (κ1) is 20.5. The van der Waals surface area contributed by atoms with Crippen LogP contribution in [0.2, 0.25) is 0 Å². The molecule has 3 aromatic rings. The van der Waals surface area contributed by atoms with E-state index >= 15 is 0 Å². The largest absolute Gasteiger partial charge is 0.495 e. The Kier molecular flexibility index (Phi) is 5.77. The highest BCUT2D eigenvalue weighted by Gasteiger charge is 2.21. The summed E-state index contributed by atoms with van der Waals surface area (Å²) in [4.78, 5) is 35.8. The van der Waals surface area contributed by atoms with Crippen molar-refractivity contribution < 1.29 is 19.2 Å². The number of ether oxygens (including phenoxy) is 2. The van der Waals surface area contributed by atoms with Crippen molar-refractivity contribution in [2.24, 2.45) is 0 Å².